The zero-order valence-electron chi connectivity index (χ0n) is 25.6. The van der Waals surface area contributed by atoms with Gasteiger partial charge in [-0.1, -0.05) is 42.5 Å². The second-order valence-electron chi connectivity index (χ2n) is 12.1. The van der Waals surface area contributed by atoms with Gasteiger partial charge >= 0.3 is 12.2 Å². The predicted octanol–water partition coefficient (Wildman–Crippen LogP) is 6.52. The number of carboxylic acid groups (broad SMARTS) is 1. The summed E-state index contributed by atoms with van der Waals surface area (Å²) in [6.07, 6.45) is 3.96. The van der Waals surface area contributed by atoms with Crippen LogP contribution in [0.15, 0.2) is 66.9 Å². The Morgan fingerprint density at radius 3 is 2.34 bits per heavy atom. The first-order chi connectivity index (χ1) is 21.0. The van der Waals surface area contributed by atoms with Gasteiger partial charge in [0.2, 0.25) is 5.91 Å². The number of aliphatic hydroxyl groups is 1. The molecule has 4 rings (SSSR count). The van der Waals surface area contributed by atoms with Crippen molar-refractivity contribution in [2.75, 3.05) is 10.2 Å². The van der Waals surface area contributed by atoms with E-state index in [0.717, 1.165) is 16.7 Å². The third-order valence-electron chi connectivity index (χ3n) is 7.54. The standard InChI is InChI=1S/C34H42N4O6/c1-34(2,3)44-32(41)37-25-15-17-28(18-16-25)38(33(42)43)30-20-23(12-19-29(30)24-9-5-4-6-10-24)8-7-11-31(40)36-26-13-14-27(22-39)35-21-26/h4-6,9-10,12-14,19-21,25,28,39H,7-8,11,15-18,22H2,1-3H3,(H,36,40)(H,37,41)(H,42,43). The molecule has 1 aromatic heterocycles. The average molecular weight is 603 g/mol. The molecule has 1 heterocycles. The van der Waals surface area contributed by atoms with Crippen LogP contribution in [-0.4, -0.2) is 51.0 Å². The number of nitrogens with one attached hydrogen (secondary N) is 2. The van der Waals surface area contributed by atoms with Gasteiger partial charge in [-0.3, -0.25) is 14.7 Å². The number of carbonyl (C=O) groups excluding carboxylic acids is 2. The van der Waals surface area contributed by atoms with Gasteiger partial charge in [0.1, 0.15) is 5.60 Å². The third kappa shape index (κ3) is 9.28. The number of amides is 3. The van der Waals surface area contributed by atoms with Crippen molar-refractivity contribution in [3.05, 3.63) is 78.1 Å². The molecule has 0 saturated heterocycles. The minimum absolute atomic E-state index is 0.0776. The molecule has 0 aliphatic heterocycles. The number of nitrogens with zero attached hydrogens (tertiary/aromatic N) is 2. The number of hydrogen-bond donors (Lipinski definition) is 4. The van der Waals surface area contributed by atoms with Gasteiger partial charge in [0.25, 0.3) is 0 Å². The molecule has 10 nitrogen and oxygen atoms in total. The van der Waals surface area contributed by atoms with Gasteiger partial charge in [-0.05, 0) is 88.6 Å². The van der Waals surface area contributed by atoms with Crippen LogP contribution < -0.4 is 15.5 Å². The Kier molecular flexibility index (Phi) is 10.9. The number of hydrogen-bond acceptors (Lipinski definition) is 6. The summed E-state index contributed by atoms with van der Waals surface area (Å²) in [4.78, 5) is 43.1. The minimum atomic E-state index is -1.02. The molecule has 0 unspecified atom stereocenters. The van der Waals surface area contributed by atoms with Crippen molar-refractivity contribution in [1.29, 1.82) is 0 Å². The van der Waals surface area contributed by atoms with Gasteiger partial charge in [0, 0.05) is 24.1 Å². The summed E-state index contributed by atoms with van der Waals surface area (Å²) in [5.74, 6) is -0.145. The highest BCUT2D eigenvalue weighted by Gasteiger charge is 2.32. The number of carbonyl (C=O) groups is 3. The van der Waals surface area contributed by atoms with Crippen molar-refractivity contribution in [1.82, 2.24) is 10.3 Å². The first-order valence-corrected chi connectivity index (χ1v) is 15.1. The lowest BCUT2D eigenvalue weighted by Crippen LogP contribution is -2.47. The van der Waals surface area contributed by atoms with Crippen LogP contribution in [0.1, 0.15) is 70.6 Å². The Labute approximate surface area is 258 Å². The summed E-state index contributed by atoms with van der Waals surface area (Å²) in [5.41, 5.74) is 3.79. The van der Waals surface area contributed by atoms with Gasteiger partial charge < -0.3 is 25.6 Å². The molecule has 0 bridgehead atoms. The molecule has 1 saturated carbocycles. The fourth-order valence-electron chi connectivity index (χ4n) is 5.47. The van der Waals surface area contributed by atoms with Crippen molar-refractivity contribution < 1.29 is 29.3 Å². The molecule has 44 heavy (non-hydrogen) atoms. The maximum Gasteiger partial charge on any atom is 0.412 e. The van der Waals surface area contributed by atoms with Crippen molar-refractivity contribution >= 4 is 29.5 Å². The lowest BCUT2D eigenvalue weighted by Gasteiger charge is -2.36. The molecule has 1 aliphatic carbocycles. The smallest absolute Gasteiger partial charge is 0.412 e. The summed E-state index contributed by atoms with van der Waals surface area (Å²) in [7, 11) is 0. The van der Waals surface area contributed by atoms with E-state index in [4.69, 9.17) is 9.84 Å². The molecule has 0 spiro atoms. The van der Waals surface area contributed by atoms with Gasteiger partial charge in [-0.15, -0.1) is 0 Å². The van der Waals surface area contributed by atoms with Crippen LogP contribution in [0.5, 0.6) is 0 Å². The SMILES string of the molecule is CC(C)(C)OC(=O)NC1CCC(N(C(=O)O)c2cc(CCCC(=O)Nc3ccc(CO)nc3)ccc2-c2ccccc2)CC1. The van der Waals surface area contributed by atoms with Crippen molar-refractivity contribution in [3.63, 3.8) is 0 Å². The van der Waals surface area contributed by atoms with Gasteiger partial charge in [-0.25, -0.2) is 9.59 Å². The summed E-state index contributed by atoms with van der Waals surface area (Å²) < 4.78 is 5.39. The second-order valence-corrected chi connectivity index (χ2v) is 12.1. The number of aliphatic hydroxyl groups excluding tert-OH is 1. The zero-order chi connectivity index (χ0) is 31.7. The Morgan fingerprint density at radius 2 is 1.73 bits per heavy atom. The largest absolute Gasteiger partial charge is 0.465 e. The van der Waals surface area contributed by atoms with Crippen LogP contribution in [0.3, 0.4) is 0 Å². The van der Waals surface area contributed by atoms with Crippen LogP contribution >= 0.6 is 0 Å². The highest BCUT2D eigenvalue weighted by molar-refractivity contribution is 5.94. The number of alkyl carbamates (subject to hydrolysis) is 1. The Bertz CT molecular complexity index is 1410. The van der Waals surface area contributed by atoms with E-state index in [0.29, 0.717) is 55.6 Å². The predicted molar refractivity (Wildman–Crippen MR) is 170 cm³/mol. The molecule has 3 aromatic rings. The Morgan fingerprint density at radius 1 is 1.00 bits per heavy atom. The molecule has 0 radical (unpaired) electrons. The lowest BCUT2D eigenvalue weighted by atomic mass is 9.89. The summed E-state index contributed by atoms with van der Waals surface area (Å²) in [6, 6.07) is 18.6. The van der Waals surface area contributed by atoms with Crippen molar-refractivity contribution in [3.8, 4) is 11.1 Å². The molecule has 1 aliphatic rings. The highest BCUT2D eigenvalue weighted by atomic mass is 16.6. The summed E-state index contributed by atoms with van der Waals surface area (Å²) >= 11 is 0. The van der Waals surface area contributed by atoms with E-state index in [9.17, 15) is 19.5 Å². The second kappa shape index (κ2) is 14.8. The summed E-state index contributed by atoms with van der Waals surface area (Å²) in [5, 5.41) is 25.4. The number of benzene rings is 2. The number of aromatic nitrogens is 1. The number of rotatable bonds is 10. The van der Waals surface area contributed by atoms with E-state index < -0.39 is 17.8 Å². The van der Waals surface area contributed by atoms with Gasteiger partial charge in [0.05, 0.1) is 29.9 Å². The van der Waals surface area contributed by atoms with E-state index >= 15 is 0 Å². The first kappa shape index (κ1) is 32.5. The topological polar surface area (TPSA) is 141 Å². The number of anilines is 2. The molecule has 0 atom stereocenters. The van der Waals surface area contributed by atoms with E-state index in [1.54, 1.807) is 12.1 Å². The fourth-order valence-corrected chi connectivity index (χ4v) is 5.47. The molecule has 2 aromatic carbocycles. The van der Waals surface area contributed by atoms with Crippen LogP contribution in [0, 0.1) is 0 Å². The number of pyridine rings is 1. The Hall–Kier alpha value is -4.44. The number of ether oxygens (including phenoxy) is 1. The Balaban J connectivity index is 1.46. The maximum absolute atomic E-state index is 12.8. The fraction of sp³-hybridized carbons (Fsp3) is 0.412. The molecular weight excluding hydrogens is 560 g/mol. The number of aryl methyl sites for hydroxylation is 1. The molecular formula is C34H42N4O6. The van der Waals surface area contributed by atoms with Crippen LogP contribution in [0.2, 0.25) is 0 Å². The van der Waals surface area contributed by atoms with E-state index in [2.05, 4.69) is 15.6 Å². The minimum Gasteiger partial charge on any atom is -0.465 e. The van der Waals surface area contributed by atoms with E-state index in [1.165, 1.54) is 11.1 Å². The molecule has 3 amide bonds. The van der Waals surface area contributed by atoms with Crippen LogP contribution in [0.4, 0.5) is 21.0 Å². The lowest BCUT2D eigenvalue weighted by molar-refractivity contribution is -0.116. The highest BCUT2D eigenvalue weighted by Crippen LogP contribution is 2.36. The van der Waals surface area contributed by atoms with Crippen molar-refractivity contribution in [2.45, 2.75) is 90.0 Å². The molecule has 10 heteroatoms. The quantitative estimate of drug-likeness (QED) is 0.207. The van der Waals surface area contributed by atoms with Gasteiger partial charge in [-0.2, -0.15) is 0 Å². The van der Waals surface area contributed by atoms with Gasteiger partial charge in [0.15, 0.2) is 0 Å². The van der Waals surface area contributed by atoms with E-state index in [1.807, 2.05) is 69.3 Å². The van der Waals surface area contributed by atoms with Crippen LogP contribution in [-0.2, 0) is 22.6 Å². The van der Waals surface area contributed by atoms with Crippen LogP contribution in [0.25, 0.3) is 11.1 Å². The first-order valence-electron chi connectivity index (χ1n) is 15.1. The van der Waals surface area contributed by atoms with E-state index in [-0.39, 0.29) is 31.0 Å². The monoisotopic (exact) mass is 602 g/mol. The van der Waals surface area contributed by atoms with Crippen molar-refractivity contribution in [2.24, 2.45) is 0 Å². The normalized spacial score (nSPS) is 16.5. The zero-order valence-corrected chi connectivity index (χ0v) is 25.6. The average Bonchev–Trinajstić information content (AvgIpc) is 2.98. The molecule has 1 fully saturated rings. The summed E-state index contributed by atoms with van der Waals surface area (Å²) in [6.45, 7) is 5.29. The molecule has 4 N–H and O–H groups in total. The maximum atomic E-state index is 12.8. The molecule has 234 valence electrons. The third-order valence-corrected chi connectivity index (χ3v) is 7.54.